The molecule has 0 aliphatic carbocycles. The molecule has 12 heteroatoms. The average Bonchev–Trinajstić information content (AvgIpc) is 3.60. The molecule has 0 aliphatic heterocycles. The Kier molecular flexibility index (Phi) is 17.1. The predicted molar refractivity (Wildman–Crippen MR) is 186 cm³/mol. The maximum absolute atomic E-state index is 14.0. The molecule has 11 nitrogen and oxygen atoms in total. The van der Waals surface area contributed by atoms with Gasteiger partial charge in [0.05, 0.1) is 12.0 Å². The van der Waals surface area contributed by atoms with Crippen LogP contribution in [0.3, 0.4) is 0 Å². The number of alkyl carbamates (subject to hydrolysis) is 1. The largest absolute Gasteiger partial charge is 0.445 e. The Morgan fingerprint density at radius 2 is 1.60 bits per heavy atom. The van der Waals surface area contributed by atoms with Gasteiger partial charge in [-0.25, -0.2) is 14.8 Å². The van der Waals surface area contributed by atoms with E-state index in [1.807, 2.05) is 60.7 Å². The van der Waals surface area contributed by atoms with Crippen LogP contribution in [-0.2, 0) is 32.1 Å². The number of amides is 4. The first-order valence-corrected chi connectivity index (χ1v) is 17.6. The van der Waals surface area contributed by atoms with E-state index in [1.165, 1.54) is 11.3 Å². The first-order chi connectivity index (χ1) is 23.3. The number of rotatable bonds is 22. The van der Waals surface area contributed by atoms with Crippen LogP contribution in [0.2, 0.25) is 0 Å². The zero-order valence-electron chi connectivity index (χ0n) is 27.9. The molecule has 4 amide bonds. The van der Waals surface area contributed by atoms with Crippen molar-refractivity contribution in [1.29, 1.82) is 0 Å². The lowest BCUT2D eigenvalue weighted by Crippen LogP contribution is -2.51. The van der Waals surface area contributed by atoms with Crippen LogP contribution in [0.15, 0.2) is 72.2 Å². The second-order valence-electron chi connectivity index (χ2n) is 12.2. The summed E-state index contributed by atoms with van der Waals surface area (Å²) in [6.45, 7) is 4.70. The van der Waals surface area contributed by atoms with Gasteiger partial charge in [-0.1, -0.05) is 87.4 Å². The second-order valence-corrected chi connectivity index (χ2v) is 13.1. The number of aryl methyl sites for hydroxylation is 1. The number of nitrogens with zero attached hydrogens (tertiary/aromatic N) is 2. The highest BCUT2D eigenvalue weighted by atomic mass is 32.1. The van der Waals surface area contributed by atoms with E-state index >= 15 is 0 Å². The summed E-state index contributed by atoms with van der Waals surface area (Å²) in [5, 5.41) is 21.8. The van der Waals surface area contributed by atoms with Crippen LogP contribution in [0.1, 0.15) is 76.3 Å². The van der Waals surface area contributed by atoms with Gasteiger partial charge in [-0.15, -0.1) is 11.3 Å². The number of carbonyl (C=O) groups is 4. The van der Waals surface area contributed by atoms with Crippen molar-refractivity contribution in [3.8, 4) is 0 Å². The van der Waals surface area contributed by atoms with E-state index in [-0.39, 0.29) is 6.61 Å². The molecule has 0 radical (unpaired) electrons. The molecule has 0 bridgehead atoms. The van der Waals surface area contributed by atoms with Crippen LogP contribution in [-0.4, -0.2) is 58.2 Å². The maximum atomic E-state index is 14.0. The van der Waals surface area contributed by atoms with Gasteiger partial charge in [-0.2, -0.15) is 0 Å². The smallest absolute Gasteiger partial charge is 0.407 e. The molecular weight excluding hydrogens is 630 g/mol. The molecule has 4 N–H and O–H groups in total. The fourth-order valence-electron chi connectivity index (χ4n) is 5.46. The molecule has 0 unspecified atom stereocenters. The third kappa shape index (κ3) is 14.2. The highest BCUT2D eigenvalue weighted by Gasteiger charge is 2.34. The van der Waals surface area contributed by atoms with Crippen molar-refractivity contribution in [1.82, 2.24) is 20.7 Å². The molecule has 3 aromatic rings. The van der Waals surface area contributed by atoms with Crippen molar-refractivity contribution in [2.45, 2.75) is 90.3 Å². The summed E-state index contributed by atoms with van der Waals surface area (Å²) in [5.41, 5.74) is 2.01. The van der Waals surface area contributed by atoms with Gasteiger partial charge in [0.25, 0.3) is 0 Å². The molecule has 0 fully saturated rings. The van der Waals surface area contributed by atoms with E-state index in [4.69, 9.17) is 4.74 Å². The van der Waals surface area contributed by atoms with Gasteiger partial charge in [0.1, 0.15) is 12.6 Å². The molecule has 260 valence electrons. The Bertz CT molecular complexity index is 1360. The molecule has 1 aromatic heterocycles. The molecule has 1 heterocycles. The van der Waals surface area contributed by atoms with Crippen molar-refractivity contribution in [2.75, 3.05) is 11.9 Å². The van der Waals surface area contributed by atoms with E-state index in [0.29, 0.717) is 67.6 Å². The van der Waals surface area contributed by atoms with E-state index in [1.54, 1.807) is 11.6 Å². The van der Waals surface area contributed by atoms with Crippen molar-refractivity contribution >= 4 is 40.8 Å². The highest BCUT2D eigenvalue weighted by Crippen LogP contribution is 2.24. The van der Waals surface area contributed by atoms with Gasteiger partial charge in [0.2, 0.25) is 18.2 Å². The number of ether oxygens (including phenoxy) is 1. The Balaban J connectivity index is 1.66. The first-order valence-electron chi connectivity index (χ1n) is 16.7. The fourth-order valence-corrected chi connectivity index (χ4v) is 6.00. The van der Waals surface area contributed by atoms with E-state index in [9.17, 15) is 24.4 Å². The lowest BCUT2D eigenvalue weighted by molar-refractivity contribution is -0.169. The monoisotopic (exact) mass is 679 g/mol. The number of benzene rings is 2. The molecule has 0 saturated carbocycles. The first kappa shape index (κ1) is 38.2. The summed E-state index contributed by atoms with van der Waals surface area (Å²) < 4.78 is 5.26. The Labute approximate surface area is 287 Å². The lowest BCUT2D eigenvalue weighted by atomic mass is 9.87. The molecular formula is C36H49N5O6S. The topological polar surface area (TPSA) is 150 Å². The van der Waals surface area contributed by atoms with Crippen LogP contribution in [0, 0.1) is 11.8 Å². The fraction of sp³-hybridized carbons (Fsp3) is 0.472. The number of thiazole rings is 1. The number of anilines is 1. The van der Waals surface area contributed by atoms with Gasteiger partial charge in [0.15, 0.2) is 5.13 Å². The van der Waals surface area contributed by atoms with Crippen molar-refractivity contribution < 1.29 is 29.1 Å². The van der Waals surface area contributed by atoms with Gasteiger partial charge in [-0.3, -0.25) is 19.6 Å². The zero-order chi connectivity index (χ0) is 34.6. The average molecular weight is 680 g/mol. The highest BCUT2D eigenvalue weighted by molar-refractivity contribution is 7.13. The zero-order valence-corrected chi connectivity index (χ0v) is 28.7. The second kappa shape index (κ2) is 21.6. The van der Waals surface area contributed by atoms with Gasteiger partial charge in [-0.05, 0) is 62.0 Å². The van der Waals surface area contributed by atoms with Crippen LogP contribution in [0.4, 0.5) is 9.93 Å². The number of hydrogen-bond donors (Lipinski definition) is 4. The van der Waals surface area contributed by atoms with Crippen molar-refractivity contribution in [2.24, 2.45) is 11.8 Å². The molecule has 2 aromatic carbocycles. The molecule has 0 spiro atoms. The number of hydroxylamine groups is 2. The van der Waals surface area contributed by atoms with E-state index in [2.05, 4.69) is 34.8 Å². The molecule has 0 saturated heterocycles. The van der Waals surface area contributed by atoms with Crippen LogP contribution < -0.4 is 16.0 Å². The summed E-state index contributed by atoms with van der Waals surface area (Å²) in [6.07, 6.45) is 6.61. The normalized spacial score (nSPS) is 12.8. The Morgan fingerprint density at radius 1 is 0.896 bits per heavy atom. The Morgan fingerprint density at radius 3 is 2.25 bits per heavy atom. The minimum Gasteiger partial charge on any atom is -0.445 e. The number of carbonyl (C=O) groups excluding carboxylic acids is 4. The van der Waals surface area contributed by atoms with Gasteiger partial charge >= 0.3 is 6.09 Å². The number of unbranched alkanes of at least 4 members (excludes halogenated alkanes) is 1. The molecule has 48 heavy (non-hydrogen) atoms. The summed E-state index contributed by atoms with van der Waals surface area (Å²) in [6, 6.07) is 17.7. The van der Waals surface area contributed by atoms with E-state index < -0.39 is 35.9 Å². The summed E-state index contributed by atoms with van der Waals surface area (Å²) in [4.78, 5) is 55.5. The van der Waals surface area contributed by atoms with Crippen LogP contribution in [0.25, 0.3) is 0 Å². The van der Waals surface area contributed by atoms with Gasteiger partial charge in [0, 0.05) is 18.1 Å². The molecule has 0 aliphatic rings. The number of nitrogens with one attached hydrogen (secondary N) is 3. The van der Waals surface area contributed by atoms with Crippen molar-refractivity contribution in [3.63, 3.8) is 0 Å². The van der Waals surface area contributed by atoms with Crippen LogP contribution in [0.5, 0.6) is 0 Å². The summed E-state index contributed by atoms with van der Waals surface area (Å²) in [7, 11) is 0. The van der Waals surface area contributed by atoms with Crippen molar-refractivity contribution in [3.05, 3.63) is 83.4 Å². The lowest BCUT2D eigenvalue weighted by Gasteiger charge is -2.31. The Hall–Kier alpha value is -4.29. The van der Waals surface area contributed by atoms with Crippen LogP contribution >= 0.6 is 11.3 Å². The third-order valence-electron chi connectivity index (χ3n) is 8.05. The maximum Gasteiger partial charge on any atom is 0.407 e. The third-order valence-corrected chi connectivity index (χ3v) is 8.74. The minimum atomic E-state index is -0.900. The molecule has 3 rings (SSSR count). The standard InChI is InChI=1S/C36H49N5O6S/c1-27(2)13-11-21-32(41(46)26-42)30(19-12-18-28-14-5-3-6-15-28)33(43)39-31(34(44)40-35-37-23-24-48-35)20-9-10-22-38-36(45)47-25-29-16-7-4-8-17-29/h3-8,14-17,23-24,26-27,30-32,46H,9-13,18-22,25H2,1-2H3,(H,38,45)(H,39,43)(H,37,40,44)/t30-,31+,32+/m1/s1. The quantitative estimate of drug-likeness (QED) is 0.0419. The number of aromatic nitrogens is 1. The minimum absolute atomic E-state index is 0.165. The SMILES string of the molecule is CC(C)CCC[C@@H]([C@@H](CCCc1ccccc1)C(=O)N[C@@H](CCCCNC(=O)OCc1ccccc1)C(=O)Nc1nccs1)N(O)C=O. The number of hydrogen-bond acceptors (Lipinski definition) is 8. The predicted octanol–water partition coefficient (Wildman–Crippen LogP) is 6.34. The van der Waals surface area contributed by atoms with Gasteiger partial charge < -0.3 is 20.7 Å². The summed E-state index contributed by atoms with van der Waals surface area (Å²) in [5.74, 6) is -1.13. The molecule has 3 atom stereocenters. The van der Waals surface area contributed by atoms with E-state index in [0.717, 1.165) is 30.4 Å². The summed E-state index contributed by atoms with van der Waals surface area (Å²) >= 11 is 1.27.